The van der Waals surface area contributed by atoms with Gasteiger partial charge in [-0.05, 0) is 61.7 Å². The number of rotatable bonds is 3. The van der Waals surface area contributed by atoms with Crippen molar-refractivity contribution in [3.05, 3.63) is 58.7 Å². The average Bonchev–Trinajstić information content (AvgIpc) is 2.37. The highest BCUT2D eigenvalue weighted by atomic mass is 16.1. The van der Waals surface area contributed by atoms with Crippen molar-refractivity contribution in [2.45, 2.75) is 20.8 Å². The molecule has 104 valence electrons. The van der Waals surface area contributed by atoms with E-state index in [1.54, 1.807) is 0 Å². The van der Waals surface area contributed by atoms with Gasteiger partial charge in [0.05, 0.1) is 5.56 Å². The summed E-state index contributed by atoms with van der Waals surface area (Å²) in [5.74, 6) is -0.0978. The first-order valence-corrected chi connectivity index (χ1v) is 6.67. The Morgan fingerprint density at radius 3 is 2.15 bits per heavy atom. The van der Waals surface area contributed by atoms with Crippen LogP contribution in [0.25, 0.3) is 0 Å². The molecule has 0 heterocycles. The molecule has 0 unspecified atom stereocenters. The van der Waals surface area contributed by atoms with E-state index in [0.717, 1.165) is 28.1 Å². The number of carbonyl (C=O) groups is 1. The Morgan fingerprint density at radius 1 is 0.900 bits per heavy atom. The van der Waals surface area contributed by atoms with Crippen LogP contribution in [-0.4, -0.2) is 13.0 Å². The van der Waals surface area contributed by atoms with Crippen LogP contribution in [0.3, 0.4) is 0 Å². The lowest BCUT2D eigenvalue weighted by Gasteiger charge is -2.11. The molecular formula is C17H20N2O. The first-order chi connectivity index (χ1) is 9.49. The standard InChI is InChI=1S/C17H20N2O/c1-11-5-6-15(16(10-11)18-4)17(20)19-14-8-12(2)7-13(3)9-14/h5-10,18H,1-4H3,(H,19,20). The summed E-state index contributed by atoms with van der Waals surface area (Å²) in [6.45, 7) is 6.05. The van der Waals surface area contributed by atoms with Gasteiger partial charge in [0.25, 0.3) is 5.91 Å². The topological polar surface area (TPSA) is 41.1 Å². The molecule has 0 aromatic heterocycles. The summed E-state index contributed by atoms with van der Waals surface area (Å²) in [4.78, 5) is 12.4. The van der Waals surface area contributed by atoms with Gasteiger partial charge in [-0.1, -0.05) is 12.1 Å². The molecule has 2 aromatic carbocycles. The smallest absolute Gasteiger partial charge is 0.257 e. The second-order valence-corrected chi connectivity index (χ2v) is 5.13. The number of anilines is 2. The Balaban J connectivity index is 2.28. The van der Waals surface area contributed by atoms with Crippen LogP contribution in [0.1, 0.15) is 27.0 Å². The lowest BCUT2D eigenvalue weighted by atomic mass is 10.1. The van der Waals surface area contributed by atoms with Gasteiger partial charge in [0, 0.05) is 18.4 Å². The van der Waals surface area contributed by atoms with E-state index in [9.17, 15) is 4.79 Å². The number of nitrogens with one attached hydrogen (secondary N) is 2. The molecule has 0 aliphatic carbocycles. The maximum absolute atomic E-state index is 12.4. The van der Waals surface area contributed by atoms with Crippen molar-refractivity contribution in [1.82, 2.24) is 0 Å². The summed E-state index contributed by atoms with van der Waals surface area (Å²) in [5, 5.41) is 6.02. The summed E-state index contributed by atoms with van der Waals surface area (Å²) < 4.78 is 0. The molecule has 0 aliphatic heterocycles. The predicted molar refractivity (Wildman–Crippen MR) is 84.6 cm³/mol. The van der Waals surface area contributed by atoms with Crippen molar-refractivity contribution in [2.75, 3.05) is 17.7 Å². The van der Waals surface area contributed by atoms with Gasteiger partial charge >= 0.3 is 0 Å². The van der Waals surface area contributed by atoms with Gasteiger partial charge in [-0.25, -0.2) is 0 Å². The Bertz CT molecular complexity index is 627. The summed E-state index contributed by atoms with van der Waals surface area (Å²) in [7, 11) is 1.82. The molecule has 0 bridgehead atoms. The molecule has 1 amide bonds. The molecule has 0 saturated carbocycles. The number of hydrogen-bond donors (Lipinski definition) is 2. The molecule has 3 nitrogen and oxygen atoms in total. The number of benzene rings is 2. The Labute approximate surface area is 120 Å². The quantitative estimate of drug-likeness (QED) is 0.886. The minimum Gasteiger partial charge on any atom is -0.387 e. The molecule has 20 heavy (non-hydrogen) atoms. The first kappa shape index (κ1) is 14.1. The zero-order valence-electron chi connectivity index (χ0n) is 12.4. The van der Waals surface area contributed by atoms with E-state index in [-0.39, 0.29) is 5.91 Å². The highest BCUT2D eigenvalue weighted by molar-refractivity contribution is 6.08. The van der Waals surface area contributed by atoms with Crippen LogP contribution in [0, 0.1) is 20.8 Å². The molecule has 0 aliphatic rings. The Kier molecular flexibility index (Phi) is 4.08. The van der Waals surface area contributed by atoms with Gasteiger partial charge in [0.2, 0.25) is 0 Å². The van der Waals surface area contributed by atoms with Crippen LogP contribution in [0.4, 0.5) is 11.4 Å². The third-order valence-electron chi connectivity index (χ3n) is 3.17. The van der Waals surface area contributed by atoms with Crippen LogP contribution >= 0.6 is 0 Å². The number of carbonyl (C=O) groups excluding carboxylic acids is 1. The molecule has 3 heteroatoms. The minimum atomic E-state index is -0.0978. The lowest BCUT2D eigenvalue weighted by Crippen LogP contribution is -2.14. The Hall–Kier alpha value is -2.29. The fourth-order valence-corrected chi connectivity index (χ4v) is 2.31. The van der Waals surface area contributed by atoms with Gasteiger partial charge < -0.3 is 10.6 Å². The zero-order valence-corrected chi connectivity index (χ0v) is 12.4. The lowest BCUT2D eigenvalue weighted by molar-refractivity contribution is 0.102. The van der Waals surface area contributed by atoms with Crippen LogP contribution < -0.4 is 10.6 Å². The van der Waals surface area contributed by atoms with Crippen molar-refractivity contribution in [3.63, 3.8) is 0 Å². The van der Waals surface area contributed by atoms with E-state index in [1.807, 2.05) is 58.2 Å². The molecule has 0 spiro atoms. The normalized spacial score (nSPS) is 10.2. The van der Waals surface area contributed by atoms with Crippen molar-refractivity contribution in [2.24, 2.45) is 0 Å². The van der Waals surface area contributed by atoms with E-state index < -0.39 is 0 Å². The van der Waals surface area contributed by atoms with Crippen molar-refractivity contribution >= 4 is 17.3 Å². The summed E-state index contributed by atoms with van der Waals surface area (Å²) in [6.07, 6.45) is 0. The second kappa shape index (κ2) is 5.78. The van der Waals surface area contributed by atoms with E-state index in [1.165, 1.54) is 0 Å². The summed E-state index contributed by atoms with van der Waals surface area (Å²) in [5.41, 5.74) is 5.72. The molecule has 2 rings (SSSR count). The van der Waals surface area contributed by atoms with E-state index >= 15 is 0 Å². The van der Waals surface area contributed by atoms with Crippen molar-refractivity contribution < 1.29 is 4.79 Å². The fourth-order valence-electron chi connectivity index (χ4n) is 2.31. The van der Waals surface area contributed by atoms with E-state index in [4.69, 9.17) is 0 Å². The molecule has 0 fully saturated rings. The van der Waals surface area contributed by atoms with Gasteiger partial charge in [-0.15, -0.1) is 0 Å². The summed E-state index contributed by atoms with van der Waals surface area (Å²) in [6, 6.07) is 11.8. The SMILES string of the molecule is CNc1cc(C)ccc1C(=O)Nc1cc(C)cc(C)c1. The minimum absolute atomic E-state index is 0.0978. The molecule has 0 radical (unpaired) electrons. The largest absolute Gasteiger partial charge is 0.387 e. The first-order valence-electron chi connectivity index (χ1n) is 6.67. The number of aryl methyl sites for hydroxylation is 3. The number of hydrogen-bond acceptors (Lipinski definition) is 2. The highest BCUT2D eigenvalue weighted by Crippen LogP contribution is 2.20. The number of amides is 1. The van der Waals surface area contributed by atoms with Crippen molar-refractivity contribution in [1.29, 1.82) is 0 Å². The van der Waals surface area contributed by atoms with Gasteiger partial charge in [0.1, 0.15) is 0 Å². The predicted octanol–water partition coefficient (Wildman–Crippen LogP) is 3.91. The van der Waals surface area contributed by atoms with Crippen LogP contribution in [-0.2, 0) is 0 Å². The second-order valence-electron chi connectivity index (χ2n) is 5.13. The van der Waals surface area contributed by atoms with Crippen LogP contribution in [0.5, 0.6) is 0 Å². The Morgan fingerprint density at radius 2 is 1.55 bits per heavy atom. The van der Waals surface area contributed by atoms with E-state index in [0.29, 0.717) is 5.56 Å². The highest BCUT2D eigenvalue weighted by Gasteiger charge is 2.11. The fraction of sp³-hybridized carbons (Fsp3) is 0.235. The summed E-state index contributed by atoms with van der Waals surface area (Å²) >= 11 is 0. The molecule has 0 saturated heterocycles. The molecular weight excluding hydrogens is 248 g/mol. The van der Waals surface area contributed by atoms with Crippen molar-refractivity contribution in [3.8, 4) is 0 Å². The zero-order chi connectivity index (χ0) is 14.7. The maximum atomic E-state index is 12.4. The maximum Gasteiger partial charge on any atom is 0.257 e. The monoisotopic (exact) mass is 268 g/mol. The third kappa shape index (κ3) is 3.18. The van der Waals surface area contributed by atoms with Gasteiger partial charge in [-0.3, -0.25) is 4.79 Å². The molecule has 0 atom stereocenters. The van der Waals surface area contributed by atoms with Crippen LogP contribution in [0.15, 0.2) is 36.4 Å². The molecule has 2 aromatic rings. The van der Waals surface area contributed by atoms with Gasteiger partial charge in [0.15, 0.2) is 0 Å². The third-order valence-corrected chi connectivity index (χ3v) is 3.17. The average molecular weight is 268 g/mol. The van der Waals surface area contributed by atoms with E-state index in [2.05, 4.69) is 16.7 Å². The van der Waals surface area contributed by atoms with Gasteiger partial charge in [-0.2, -0.15) is 0 Å². The van der Waals surface area contributed by atoms with Crippen LogP contribution in [0.2, 0.25) is 0 Å². The molecule has 2 N–H and O–H groups in total.